The predicted molar refractivity (Wildman–Crippen MR) is 127 cm³/mol. The summed E-state index contributed by atoms with van der Waals surface area (Å²) in [5.74, 6) is 0.797. The van der Waals surface area contributed by atoms with Crippen LogP contribution in [0, 0.1) is 0 Å². The lowest BCUT2D eigenvalue weighted by molar-refractivity contribution is 0.102. The van der Waals surface area contributed by atoms with E-state index in [0.29, 0.717) is 39.9 Å². The van der Waals surface area contributed by atoms with Crippen LogP contribution in [0.5, 0.6) is 5.75 Å². The minimum atomic E-state index is -0.346. The molecule has 3 N–H and O–H groups in total. The Balaban J connectivity index is 1.45. The number of aromatic amines is 2. The first-order chi connectivity index (χ1) is 16.5. The minimum Gasteiger partial charge on any atom is -0.491 e. The zero-order valence-corrected chi connectivity index (χ0v) is 18.4. The van der Waals surface area contributed by atoms with Crippen molar-refractivity contribution in [3.63, 3.8) is 0 Å². The Hall–Kier alpha value is -4.73. The number of fused-ring (bicyclic) bond motifs is 1. The Labute approximate surface area is 193 Å². The molecule has 34 heavy (non-hydrogen) atoms. The second kappa shape index (κ2) is 8.66. The molecule has 0 saturated heterocycles. The minimum absolute atomic E-state index is 0.0504. The van der Waals surface area contributed by atoms with E-state index in [0.717, 1.165) is 5.39 Å². The molecule has 10 heteroatoms. The van der Waals surface area contributed by atoms with E-state index in [1.807, 2.05) is 44.2 Å². The third kappa shape index (κ3) is 4.16. The number of hydrogen-bond donors (Lipinski definition) is 3. The molecule has 0 saturated carbocycles. The average molecular weight is 455 g/mol. The zero-order valence-electron chi connectivity index (χ0n) is 18.4. The van der Waals surface area contributed by atoms with Crippen molar-refractivity contribution in [1.29, 1.82) is 0 Å². The van der Waals surface area contributed by atoms with Gasteiger partial charge in [0.05, 0.1) is 11.8 Å². The molecule has 5 aromatic rings. The van der Waals surface area contributed by atoms with Gasteiger partial charge in [-0.2, -0.15) is 5.21 Å². The molecule has 0 fully saturated rings. The SMILES string of the molecule is CC(C)Oc1ccc(-n2c(=O)ccc3cc(C(=O)Nc4cccc(-c5nn[nH]n5)c4)[nH]c32)cc1. The molecular weight excluding hydrogens is 434 g/mol. The molecule has 10 nitrogen and oxygen atoms in total. The maximum atomic E-state index is 13.0. The molecule has 0 spiro atoms. The van der Waals surface area contributed by atoms with Crippen LogP contribution < -0.4 is 15.6 Å². The lowest BCUT2D eigenvalue weighted by Gasteiger charge is -2.11. The van der Waals surface area contributed by atoms with E-state index < -0.39 is 0 Å². The van der Waals surface area contributed by atoms with E-state index in [-0.39, 0.29) is 17.6 Å². The molecule has 2 aromatic carbocycles. The Morgan fingerprint density at radius 1 is 1.06 bits per heavy atom. The number of carbonyl (C=O) groups excluding carboxylic acids is 1. The quantitative estimate of drug-likeness (QED) is 0.359. The van der Waals surface area contributed by atoms with Crippen molar-refractivity contribution in [1.82, 2.24) is 30.2 Å². The van der Waals surface area contributed by atoms with E-state index in [1.54, 1.807) is 30.3 Å². The number of pyridine rings is 1. The van der Waals surface area contributed by atoms with Crippen LogP contribution in [0.1, 0.15) is 24.3 Å². The molecule has 5 rings (SSSR count). The van der Waals surface area contributed by atoms with Gasteiger partial charge in [0.2, 0.25) is 5.82 Å². The van der Waals surface area contributed by atoms with Crippen LogP contribution in [0.4, 0.5) is 5.69 Å². The van der Waals surface area contributed by atoms with Crippen LogP contribution in [0.2, 0.25) is 0 Å². The van der Waals surface area contributed by atoms with Crippen LogP contribution >= 0.6 is 0 Å². The number of nitrogens with zero attached hydrogens (tertiary/aromatic N) is 4. The van der Waals surface area contributed by atoms with Crippen molar-refractivity contribution >= 4 is 22.6 Å². The summed E-state index contributed by atoms with van der Waals surface area (Å²) in [6.07, 6.45) is 0.0504. The molecule has 0 aliphatic carbocycles. The Kier molecular flexibility index (Phi) is 5.38. The van der Waals surface area contributed by atoms with Gasteiger partial charge in [-0.15, -0.1) is 10.2 Å². The van der Waals surface area contributed by atoms with Gasteiger partial charge in [-0.25, -0.2) is 0 Å². The topological polar surface area (TPSA) is 131 Å². The van der Waals surface area contributed by atoms with Gasteiger partial charge in [-0.3, -0.25) is 14.2 Å². The molecule has 0 radical (unpaired) electrons. The highest BCUT2D eigenvalue weighted by Crippen LogP contribution is 2.22. The molecule has 0 atom stereocenters. The fourth-order valence-corrected chi connectivity index (χ4v) is 3.66. The molecule has 0 aliphatic rings. The maximum Gasteiger partial charge on any atom is 0.272 e. The summed E-state index contributed by atoms with van der Waals surface area (Å²) in [7, 11) is 0. The second-order valence-corrected chi connectivity index (χ2v) is 7.92. The summed E-state index contributed by atoms with van der Waals surface area (Å²) in [5, 5.41) is 17.5. The van der Waals surface area contributed by atoms with E-state index in [2.05, 4.69) is 30.9 Å². The molecule has 1 amide bonds. The first kappa shape index (κ1) is 21.1. The van der Waals surface area contributed by atoms with E-state index >= 15 is 0 Å². The fourth-order valence-electron chi connectivity index (χ4n) is 3.66. The lowest BCUT2D eigenvalue weighted by atomic mass is 10.2. The fraction of sp³-hybridized carbons (Fsp3) is 0.125. The summed E-state index contributed by atoms with van der Waals surface area (Å²) < 4.78 is 7.22. The maximum absolute atomic E-state index is 13.0. The molecule has 3 aromatic heterocycles. The molecule has 0 aliphatic heterocycles. The normalized spacial score (nSPS) is 11.1. The highest BCUT2D eigenvalue weighted by atomic mass is 16.5. The standard InChI is InChI=1S/C24H21N7O3/c1-14(2)34-19-9-7-18(8-10-19)31-21(32)11-6-16-13-20(26-23(16)31)24(33)25-17-5-3-4-15(12-17)22-27-29-30-28-22/h3-14,26H,1-2H3,(H,25,33)(H,27,28,29,30). The number of anilines is 1. The van der Waals surface area contributed by atoms with Crippen molar-refractivity contribution in [2.75, 3.05) is 5.32 Å². The number of aromatic nitrogens is 6. The van der Waals surface area contributed by atoms with Crippen LogP contribution in [-0.4, -0.2) is 42.2 Å². The van der Waals surface area contributed by atoms with E-state index in [1.165, 1.54) is 10.6 Å². The van der Waals surface area contributed by atoms with Crippen molar-refractivity contribution in [3.05, 3.63) is 82.8 Å². The van der Waals surface area contributed by atoms with Gasteiger partial charge >= 0.3 is 0 Å². The average Bonchev–Trinajstić information content (AvgIpc) is 3.50. The molecule has 170 valence electrons. The van der Waals surface area contributed by atoms with Crippen molar-refractivity contribution in [3.8, 4) is 22.8 Å². The number of amides is 1. The zero-order chi connectivity index (χ0) is 23.7. The lowest BCUT2D eigenvalue weighted by Crippen LogP contribution is -2.17. The highest BCUT2D eigenvalue weighted by Gasteiger charge is 2.15. The van der Waals surface area contributed by atoms with Crippen LogP contribution in [-0.2, 0) is 0 Å². The first-order valence-electron chi connectivity index (χ1n) is 10.6. The van der Waals surface area contributed by atoms with Gasteiger partial charge in [0, 0.05) is 22.7 Å². The Morgan fingerprint density at radius 2 is 1.88 bits per heavy atom. The number of carbonyl (C=O) groups is 1. The molecule has 0 bridgehead atoms. The summed E-state index contributed by atoms with van der Waals surface area (Å²) in [4.78, 5) is 28.8. The molecule has 0 unspecified atom stereocenters. The number of benzene rings is 2. The Morgan fingerprint density at radius 3 is 2.62 bits per heavy atom. The van der Waals surface area contributed by atoms with Crippen molar-refractivity contribution in [2.45, 2.75) is 20.0 Å². The molecular formula is C24H21N7O3. The highest BCUT2D eigenvalue weighted by molar-refractivity contribution is 6.05. The Bertz CT molecular complexity index is 1520. The van der Waals surface area contributed by atoms with Gasteiger partial charge in [-0.1, -0.05) is 12.1 Å². The summed E-state index contributed by atoms with van der Waals surface area (Å²) >= 11 is 0. The van der Waals surface area contributed by atoms with E-state index in [9.17, 15) is 9.59 Å². The summed E-state index contributed by atoms with van der Waals surface area (Å²) in [6.45, 7) is 3.90. The number of H-pyrrole nitrogens is 2. The summed E-state index contributed by atoms with van der Waals surface area (Å²) in [5.41, 5.74) is 2.57. The van der Waals surface area contributed by atoms with Crippen molar-refractivity contribution in [2.24, 2.45) is 0 Å². The third-order valence-electron chi connectivity index (χ3n) is 5.11. The van der Waals surface area contributed by atoms with Crippen LogP contribution in [0.25, 0.3) is 28.1 Å². The monoisotopic (exact) mass is 455 g/mol. The largest absolute Gasteiger partial charge is 0.491 e. The van der Waals surface area contributed by atoms with Gasteiger partial charge in [0.1, 0.15) is 17.1 Å². The van der Waals surface area contributed by atoms with Crippen LogP contribution in [0.3, 0.4) is 0 Å². The smallest absolute Gasteiger partial charge is 0.272 e. The summed E-state index contributed by atoms with van der Waals surface area (Å²) in [6, 6.07) is 19.2. The van der Waals surface area contributed by atoms with Gasteiger partial charge in [0.25, 0.3) is 11.5 Å². The van der Waals surface area contributed by atoms with Gasteiger partial charge < -0.3 is 15.0 Å². The first-order valence-corrected chi connectivity index (χ1v) is 10.6. The number of hydrogen-bond acceptors (Lipinski definition) is 6. The number of tetrazole rings is 1. The second-order valence-electron chi connectivity index (χ2n) is 7.92. The predicted octanol–water partition coefficient (Wildman–Crippen LogP) is 3.54. The third-order valence-corrected chi connectivity index (χ3v) is 5.11. The van der Waals surface area contributed by atoms with Crippen molar-refractivity contribution < 1.29 is 9.53 Å². The van der Waals surface area contributed by atoms with Gasteiger partial charge in [0.15, 0.2) is 0 Å². The van der Waals surface area contributed by atoms with Gasteiger partial charge in [-0.05, 0) is 67.6 Å². The number of rotatable bonds is 6. The van der Waals surface area contributed by atoms with E-state index in [4.69, 9.17) is 4.74 Å². The molecule has 3 heterocycles. The number of nitrogens with one attached hydrogen (secondary N) is 3. The number of ether oxygens (including phenoxy) is 1. The van der Waals surface area contributed by atoms with Crippen LogP contribution in [0.15, 0.2) is 71.5 Å².